The summed E-state index contributed by atoms with van der Waals surface area (Å²) in [7, 11) is 1.31. The molecule has 0 bridgehead atoms. The van der Waals surface area contributed by atoms with E-state index >= 15 is 0 Å². The average Bonchev–Trinajstić information content (AvgIpc) is 2.35. The van der Waals surface area contributed by atoms with Crippen LogP contribution in [0.3, 0.4) is 0 Å². The van der Waals surface area contributed by atoms with E-state index in [0.29, 0.717) is 19.4 Å². The van der Waals surface area contributed by atoms with E-state index in [1.165, 1.54) is 12.0 Å². The summed E-state index contributed by atoms with van der Waals surface area (Å²) in [5, 5.41) is 0. The number of piperidine rings is 1. The molecular formula is C13H22N2O4. The number of ether oxygens (including phenoxy) is 2. The monoisotopic (exact) mass is 270 g/mol. The number of likely N-dealkylation sites (tertiary alicyclic amines) is 1. The van der Waals surface area contributed by atoms with Crippen molar-refractivity contribution in [2.24, 2.45) is 4.99 Å². The highest BCUT2D eigenvalue weighted by Gasteiger charge is 2.38. The molecule has 0 aromatic carbocycles. The fraction of sp³-hybridized carbons (Fsp3) is 0.769. The lowest BCUT2D eigenvalue weighted by Gasteiger charge is -2.37. The quantitative estimate of drug-likeness (QED) is 0.565. The van der Waals surface area contributed by atoms with E-state index in [1.807, 2.05) is 0 Å². The van der Waals surface area contributed by atoms with Crippen molar-refractivity contribution < 1.29 is 19.1 Å². The van der Waals surface area contributed by atoms with Gasteiger partial charge in [-0.2, -0.15) is 0 Å². The van der Waals surface area contributed by atoms with Gasteiger partial charge in [-0.1, -0.05) is 0 Å². The number of aliphatic imine (C=N–C) groups is 1. The van der Waals surface area contributed by atoms with Crippen molar-refractivity contribution in [3.8, 4) is 0 Å². The minimum absolute atomic E-state index is 0.0616. The van der Waals surface area contributed by atoms with Crippen LogP contribution in [0, 0.1) is 0 Å². The molecule has 0 aliphatic carbocycles. The summed E-state index contributed by atoms with van der Waals surface area (Å²) in [6.07, 6.45) is 0.703. The second-order valence-electron chi connectivity index (χ2n) is 5.59. The van der Waals surface area contributed by atoms with E-state index in [-0.39, 0.29) is 6.04 Å². The third-order valence-electron chi connectivity index (χ3n) is 2.92. The summed E-state index contributed by atoms with van der Waals surface area (Å²) in [5.41, 5.74) is -0.605. The largest absolute Gasteiger partial charge is 0.467 e. The van der Waals surface area contributed by atoms with E-state index in [4.69, 9.17) is 9.47 Å². The topological polar surface area (TPSA) is 68.2 Å². The van der Waals surface area contributed by atoms with Crippen LogP contribution in [0.2, 0.25) is 0 Å². The molecule has 2 unspecified atom stereocenters. The predicted molar refractivity (Wildman–Crippen MR) is 71.3 cm³/mol. The summed E-state index contributed by atoms with van der Waals surface area (Å²) < 4.78 is 10.0. The Labute approximate surface area is 113 Å². The molecule has 0 spiro atoms. The molecule has 0 radical (unpaired) electrons. The second kappa shape index (κ2) is 6.04. The summed E-state index contributed by atoms with van der Waals surface area (Å²) in [6.45, 7) is 9.18. The van der Waals surface area contributed by atoms with Gasteiger partial charge in [0, 0.05) is 6.54 Å². The number of amides is 1. The van der Waals surface area contributed by atoms with Gasteiger partial charge < -0.3 is 9.47 Å². The second-order valence-corrected chi connectivity index (χ2v) is 5.59. The van der Waals surface area contributed by atoms with Crippen molar-refractivity contribution in [2.75, 3.05) is 13.7 Å². The Morgan fingerprint density at radius 3 is 2.42 bits per heavy atom. The van der Waals surface area contributed by atoms with Crippen LogP contribution in [0.4, 0.5) is 4.79 Å². The number of esters is 1. The number of rotatable bonds is 2. The normalized spacial score (nSPS) is 23.7. The summed E-state index contributed by atoms with van der Waals surface area (Å²) in [4.78, 5) is 29.2. The Balaban J connectivity index is 2.84. The Hall–Kier alpha value is -1.59. The Bertz CT molecular complexity index is 362. The maximum atomic E-state index is 12.1. The molecule has 6 heteroatoms. The van der Waals surface area contributed by atoms with Gasteiger partial charge in [-0.3, -0.25) is 9.89 Å². The standard InChI is InChI=1S/C13H22N2O4/c1-13(2,3)19-12(17)15-8-9(14-4)6-7-10(15)11(16)18-5/h9-10H,4,6-8H2,1-3,5H3. The molecule has 0 saturated carbocycles. The molecule has 6 nitrogen and oxygen atoms in total. The van der Waals surface area contributed by atoms with Crippen LogP contribution in [0.15, 0.2) is 4.99 Å². The zero-order valence-electron chi connectivity index (χ0n) is 12.0. The lowest BCUT2D eigenvalue weighted by molar-refractivity contribution is -0.148. The van der Waals surface area contributed by atoms with E-state index in [9.17, 15) is 9.59 Å². The molecule has 108 valence electrons. The van der Waals surface area contributed by atoms with Crippen LogP contribution in [0.5, 0.6) is 0 Å². The molecule has 1 aliphatic heterocycles. The molecule has 1 rings (SSSR count). The molecule has 1 aliphatic rings. The van der Waals surface area contributed by atoms with Gasteiger partial charge in [0.1, 0.15) is 11.6 Å². The van der Waals surface area contributed by atoms with Crippen molar-refractivity contribution in [3.05, 3.63) is 0 Å². The van der Waals surface area contributed by atoms with E-state index in [0.717, 1.165) is 0 Å². The molecule has 0 aromatic rings. The summed E-state index contributed by atoms with van der Waals surface area (Å²) in [6, 6.07) is -0.661. The molecule has 1 amide bonds. The highest BCUT2D eigenvalue weighted by molar-refractivity contribution is 5.81. The first kappa shape index (κ1) is 15.5. The summed E-state index contributed by atoms with van der Waals surface area (Å²) in [5.74, 6) is -0.423. The molecule has 1 heterocycles. The van der Waals surface area contributed by atoms with Gasteiger partial charge in [0.15, 0.2) is 0 Å². The maximum Gasteiger partial charge on any atom is 0.411 e. The lowest BCUT2D eigenvalue weighted by atomic mass is 9.99. The number of carbonyl (C=O) groups excluding carboxylic acids is 2. The van der Waals surface area contributed by atoms with Gasteiger partial charge >= 0.3 is 12.1 Å². The molecule has 1 saturated heterocycles. The van der Waals surface area contributed by atoms with Crippen LogP contribution in [-0.4, -0.2) is 55.0 Å². The lowest BCUT2D eigenvalue weighted by Crippen LogP contribution is -2.53. The molecule has 19 heavy (non-hydrogen) atoms. The first-order valence-corrected chi connectivity index (χ1v) is 6.31. The minimum Gasteiger partial charge on any atom is -0.467 e. The van der Waals surface area contributed by atoms with Gasteiger partial charge in [0.2, 0.25) is 0 Å². The predicted octanol–water partition coefficient (Wildman–Crippen LogP) is 1.63. The average molecular weight is 270 g/mol. The molecule has 2 atom stereocenters. The number of hydrogen-bond donors (Lipinski definition) is 0. The highest BCUT2D eigenvalue weighted by Crippen LogP contribution is 2.23. The van der Waals surface area contributed by atoms with Gasteiger partial charge in [-0.15, -0.1) is 0 Å². The Kier molecular flexibility index (Phi) is 4.91. The van der Waals surface area contributed by atoms with Gasteiger partial charge in [0.05, 0.1) is 13.2 Å². The molecular weight excluding hydrogens is 248 g/mol. The molecule has 0 N–H and O–H groups in total. The molecule has 1 fully saturated rings. The maximum absolute atomic E-state index is 12.1. The Morgan fingerprint density at radius 2 is 1.95 bits per heavy atom. The zero-order valence-corrected chi connectivity index (χ0v) is 12.0. The van der Waals surface area contributed by atoms with E-state index < -0.39 is 23.7 Å². The summed E-state index contributed by atoms with van der Waals surface area (Å²) >= 11 is 0. The van der Waals surface area contributed by atoms with Gasteiger partial charge in [0.25, 0.3) is 0 Å². The van der Waals surface area contributed by atoms with Gasteiger partial charge in [-0.05, 0) is 40.3 Å². The van der Waals surface area contributed by atoms with Crippen LogP contribution in [0.25, 0.3) is 0 Å². The number of methoxy groups -OCH3 is 1. The van der Waals surface area contributed by atoms with Crippen LogP contribution in [-0.2, 0) is 14.3 Å². The third kappa shape index (κ3) is 4.22. The van der Waals surface area contributed by atoms with Crippen LogP contribution < -0.4 is 0 Å². The minimum atomic E-state index is -0.605. The van der Waals surface area contributed by atoms with Crippen molar-refractivity contribution in [3.63, 3.8) is 0 Å². The van der Waals surface area contributed by atoms with E-state index in [1.54, 1.807) is 20.8 Å². The number of nitrogens with zero attached hydrogens (tertiary/aromatic N) is 2. The SMILES string of the molecule is C=NC1CCC(C(=O)OC)N(C(=O)OC(C)(C)C)C1. The third-order valence-corrected chi connectivity index (χ3v) is 2.92. The molecule has 0 aromatic heterocycles. The highest BCUT2D eigenvalue weighted by atomic mass is 16.6. The number of carbonyl (C=O) groups is 2. The smallest absolute Gasteiger partial charge is 0.411 e. The fourth-order valence-electron chi connectivity index (χ4n) is 2.00. The fourth-order valence-corrected chi connectivity index (χ4v) is 2.00. The van der Waals surface area contributed by atoms with Crippen molar-refractivity contribution in [2.45, 2.75) is 51.3 Å². The number of hydrogen-bond acceptors (Lipinski definition) is 5. The van der Waals surface area contributed by atoms with Crippen LogP contribution in [0.1, 0.15) is 33.6 Å². The first-order chi connectivity index (χ1) is 8.78. The zero-order chi connectivity index (χ0) is 14.6. The van der Waals surface area contributed by atoms with E-state index in [2.05, 4.69) is 11.7 Å². The van der Waals surface area contributed by atoms with Crippen LogP contribution >= 0.6 is 0 Å². The van der Waals surface area contributed by atoms with Crippen molar-refractivity contribution in [1.29, 1.82) is 0 Å². The van der Waals surface area contributed by atoms with Crippen molar-refractivity contribution >= 4 is 18.8 Å². The van der Waals surface area contributed by atoms with Crippen molar-refractivity contribution in [1.82, 2.24) is 4.90 Å². The van der Waals surface area contributed by atoms with Gasteiger partial charge in [-0.25, -0.2) is 9.59 Å². The Morgan fingerprint density at radius 1 is 1.32 bits per heavy atom. The first-order valence-electron chi connectivity index (χ1n) is 6.31.